The Bertz CT molecular complexity index is 1260. The summed E-state index contributed by atoms with van der Waals surface area (Å²) in [6, 6.07) is 11.4. The quantitative estimate of drug-likeness (QED) is 0.469. The molecule has 1 aliphatic heterocycles. The van der Waals surface area contributed by atoms with Gasteiger partial charge in [-0.05, 0) is 42.5 Å². The number of alkyl halides is 2. The first-order chi connectivity index (χ1) is 16.3. The van der Waals surface area contributed by atoms with Crippen LogP contribution in [0, 0.1) is 5.82 Å². The summed E-state index contributed by atoms with van der Waals surface area (Å²) in [6.07, 6.45) is 2.23. The molecule has 0 saturated carbocycles. The van der Waals surface area contributed by atoms with Crippen molar-refractivity contribution in [2.75, 3.05) is 31.1 Å². The number of nitrogens with zero attached hydrogens (tertiary/aromatic N) is 4. The van der Waals surface area contributed by atoms with Crippen molar-refractivity contribution in [1.29, 1.82) is 0 Å². The Balaban J connectivity index is 1.41. The van der Waals surface area contributed by atoms with Gasteiger partial charge in [-0.2, -0.15) is 13.1 Å². The highest BCUT2D eigenvalue weighted by Gasteiger charge is 2.29. The number of esters is 1. The Morgan fingerprint density at radius 3 is 2.44 bits per heavy atom. The van der Waals surface area contributed by atoms with Crippen LogP contribution in [0.2, 0.25) is 0 Å². The Morgan fingerprint density at radius 2 is 1.76 bits per heavy atom. The zero-order chi connectivity index (χ0) is 24.3. The zero-order valence-electron chi connectivity index (χ0n) is 17.9. The fourth-order valence-corrected chi connectivity index (χ4v) is 5.09. The van der Waals surface area contributed by atoms with E-state index in [0.717, 1.165) is 11.9 Å². The normalized spacial score (nSPS) is 15.0. The fraction of sp³-hybridized carbons (Fsp3) is 0.273. The molecule has 3 aromatic rings. The molecule has 2 heterocycles. The predicted molar refractivity (Wildman–Crippen MR) is 116 cm³/mol. The van der Waals surface area contributed by atoms with Crippen LogP contribution in [0.4, 0.5) is 18.9 Å². The van der Waals surface area contributed by atoms with Crippen LogP contribution in [0.5, 0.6) is 0 Å². The Morgan fingerprint density at radius 1 is 1.06 bits per heavy atom. The molecule has 8 nitrogen and oxygen atoms in total. The summed E-state index contributed by atoms with van der Waals surface area (Å²) in [5.74, 6) is -1.34. The number of imidazole rings is 1. The van der Waals surface area contributed by atoms with Gasteiger partial charge >= 0.3 is 12.5 Å². The van der Waals surface area contributed by atoms with Gasteiger partial charge in [0.1, 0.15) is 12.4 Å². The molecule has 1 aliphatic rings. The molecule has 180 valence electrons. The number of benzene rings is 2. The summed E-state index contributed by atoms with van der Waals surface area (Å²) < 4.78 is 72.1. The third kappa shape index (κ3) is 5.07. The van der Waals surface area contributed by atoms with Gasteiger partial charge in [0.05, 0.1) is 10.5 Å². The predicted octanol–water partition coefficient (Wildman–Crippen LogP) is 3.29. The van der Waals surface area contributed by atoms with Crippen LogP contribution in [0.3, 0.4) is 0 Å². The Labute approximate surface area is 194 Å². The standard InChI is InChI=1S/C22H21F3N4O4S/c23-17-4-6-18(7-5-17)27-10-12-28(13-11-27)34(31,32)19-3-1-2-16(14-19)21(30)33-15-20-26-8-9-29(20)22(24)25/h1-9,14,22H,10-13,15H2. The molecule has 0 unspecified atom stereocenters. The van der Waals surface area contributed by atoms with Gasteiger partial charge in [0.15, 0.2) is 5.82 Å². The van der Waals surface area contributed by atoms with E-state index in [2.05, 4.69) is 4.98 Å². The molecular formula is C22H21F3N4O4S. The molecule has 2 aromatic carbocycles. The molecule has 0 bridgehead atoms. The second-order valence-electron chi connectivity index (χ2n) is 7.50. The highest BCUT2D eigenvalue weighted by molar-refractivity contribution is 7.89. The average Bonchev–Trinajstić information content (AvgIpc) is 3.32. The number of ether oxygens (including phenoxy) is 1. The molecule has 0 atom stereocenters. The number of piperazine rings is 1. The van der Waals surface area contributed by atoms with Crippen molar-refractivity contribution in [1.82, 2.24) is 13.9 Å². The molecule has 4 rings (SSSR count). The van der Waals surface area contributed by atoms with Crippen molar-refractivity contribution >= 4 is 21.7 Å². The molecule has 12 heteroatoms. The number of aromatic nitrogens is 2. The third-order valence-electron chi connectivity index (χ3n) is 5.43. The summed E-state index contributed by atoms with van der Waals surface area (Å²) >= 11 is 0. The van der Waals surface area contributed by atoms with Crippen molar-refractivity contribution in [3.8, 4) is 0 Å². The van der Waals surface area contributed by atoms with E-state index in [4.69, 9.17) is 4.74 Å². The lowest BCUT2D eigenvalue weighted by Gasteiger charge is -2.35. The topological polar surface area (TPSA) is 84.7 Å². The lowest BCUT2D eigenvalue weighted by molar-refractivity contribution is 0.0376. The molecule has 0 aliphatic carbocycles. The number of rotatable bonds is 7. The number of anilines is 1. The maximum absolute atomic E-state index is 13.1. The smallest absolute Gasteiger partial charge is 0.338 e. The number of carbonyl (C=O) groups excluding carboxylic acids is 1. The van der Waals surface area contributed by atoms with E-state index in [0.29, 0.717) is 17.7 Å². The number of hydrogen-bond acceptors (Lipinski definition) is 6. The summed E-state index contributed by atoms with van der Waals surface area (Å²) in [5.41, 5.74) is 0.775. The van der Waals surface area contributed by atoms with Crippen LogP contribution in [0.1, 0.15) is 22.7 Å². The number of hydrogen-bond donors (Lipinski definition) is 0. The van der Waals surface area contributed by atoms with Gasteiger partial charge in [-0.15, -0.1) is 0 Å². The first-order valence-electron chi connectivity index (χ1n) is 10.3. The highest BCUT2D eigenvalue weighted by atomic mass is 32.2. The molecular weight excluding hydrogens is 473 g/mol. The zero-order valence-corrected chi connectivity index (χ0v) is 18.7. The van der Waals surface area contributed by atoms with Gasteiger partial charge in [0.2, 0.25) is 10.0 Å². The van der Waals surface area contributed by atoms with E-state index in [9.17, 15) is 26.4 Å². The van der Waals surface area contributed by atoms with Crippen LogP contribution in [0.15, 0.2) is 65.8 Å². The Hall–Kier alpha value is -3.38. The van der Waals surface area contributed by atoms with Crippen molar-refractivity contribution < 1.29 is 31.1 Å². The summed E-state index contributed by atoms with van der Waals surface area (Å²) in [6.45, 7) is -2.05. The van der Waals surface area contributed by atoms with Gasteiger partial charge in [0, 0.05) is 44.3 Å². The largest absolute Gasteiger partial charge is 0.454 e. The molecule has 1 fully saturated rings. The highest BCUT2D eigenvalue weighted by Crippen LogP contribution is 2.23. The second-order valence-corrected chi connectivity index (χ2v) is 9.44. The molecule has 0 N–H and O–H groups in total. The maximum Gasteiger partial charge on any atom is 0.338 e. The summed E-state index contributed by atoms with van der Waals surface area (Å²) in [7, 11) is -3.88. The summed E-state index contributed by atoms with van der Waals surface area (Å²) in [4.78, 5) is 18.0. The third-order valence-corrected chi connectivity index (χ3v) is 7.32. The lowest BCUT2D eigenvalue weighted by atomic mass is 10.2. The average molecular weight is 494 g/mol. The molecule has 0 spiro atoms. The molecule has 0 radical (unpaired) electrons. The van der Waals surface area contributed by atoms with Crippen LogP contribution >= 0.6 is 0 Å². The van der Waals surface area contributed by atoms with E-state index in [-0.39, 0.29) is 35.2 Å². The maximum atomic E-state index is 13.1. The lowest BCUT2D eigenvalue weighted by Crippen LogP contribution is -2.48. The molecule has 1 aromatic heterocycles. The van der Waals surface area contributed by atoms with Crippen molar-refractivity contribution in [3.63, 3.8) is 0 Å². The van der Waals surface area contributed by atoms with Crippen LogP contribution < -0.4 is 4.90 Å². The second kappa shape index (κ2) is 9.85. The van der Waals surface area contributed by atoms with E-state index >= 15 is 0 Å². The van der Waals surface area contributed by atoms with Crippen LogP contribution in [0.25, 0.3) is 0 Å². The van der Waals surface area contributed by atoms with Gasteiger partial charge in [-0.1, -0.05) is 6.07 Å². The number of sulfonamides is 1. The van der Waals surface area contributed by atoms with E-state index in [1.54, 1.807) is 12.1 Å². The van der Waals surface area contributed by atoms with Crippen molar-refractivity contribution in [3.05, 3.63) is 78.1 Å². The summed E-state index contributed by atoms with van der Waals surface area (Å²) in [5, 5.41) is 0. The molecule has 1 saturated heterocycles. The first kappa shape index (κ1) is 23.8. The van der Waals surface area contributed by atoms with E-state index in [1.807, 2.05) is 4.90 Å². The number of carbonyl (C=O) groups is 1. The SMILES string of the molecule is O=C(OCc1nccn1C(F)F)c1cccc(S(=O)(=O)N2CCN(c3ccc(F)cc3)CC2)c1. The number of halogens is 3. The Kier molecular flexibility index (Phi) is 6.89. The van der Waals surface area contributed by atoms with Crippen molar-refractivity contribution in [2.45, 2.75) is 18.1 Å². The van der Waals surface area contributed by atoms with E-state index < -0.39 is 29.1 Å². The minimum Gasteiger partial charge on any atom is -0.454 e. The van der Waals surface area contributed by atoms with Crippen LogP contribution in [-0.4, -0.2) is 54.4 Å². The van der Waals surface area contributed by atoms with Crippen molar-refractivity contribution in [2.24, 2.45) is 0 Å². The van der Waals surface area contributed by atoms with E-state index in [1.165, 1.54) is 46.9 Å². The van der Waals surface area contributed by atoms with Crippen LogP contribution in [-0.2, 0) is 21.4 Å². The van der Waals surface area contributed by atoms with Gasteiger partial charge in [-0.3, -0.25) is 4.57 Å². The minimum absolute atomic E-state index is 0.0267. The molecule has 34 heavy (non-hydrogen) atoms. The monoisotopic (exact) mass is 494 g/mol. The van der Waals surface area contributed by atoms with Gasteiger partial charge in [0.25, 0.3) is 0 Å². The van der Waals surface area contributed by atoms with Gasteiger partial charge < -0.3 is 9.64 Å². The molecule has 0 amide bonds. The first-order valence-corrected chi connectivity index (χ1v) is 11.8. The fourth-order valence-electron chi connectivity index (χ4n) is 3.62. The van der Waals surface area contributed by atoms with Gasteiger partial charge in [-0.25, -0.2) is 22.6 Å². The minimum atomic E-state index is -3.88.